The number of amides is 1. The Hall–Kier alpha value is -3.07. The largest absolute Gasteiger partial charge is 0.495 e. The first-order valence-corrected chi connectivity index (χ1v) is 11.3. The van der Waals surface area contributed by atoms with Crippen LogP contribution in [-0.4, -0.2) is 40.6 Å². The number of benzene rings is 2. The number of aryl methyl sites for hydroxylation is 1. The Kier molecular flexibility index (Phi) is 8.44. The summed E-state index contributed by atoms with van der Waals surface area (Å²) in [5.74, 6) is -0.719. The number of sulfonamides is 1. The highest BCUT2D eigenvalue weighted by molar-refractivity contribution is 7.92. The van der Waals surface area contributed by atoms with Gasteiger partial charge in [0.25, 0.3) is 15.9 Å². The number of methoxy groups -OCH3 is 1. The van der Waals surface area contributed by atoms with Crippen LogP contribution in [0.3, 0.4) is 0 Å². The second-order valence-corrected chi connectivity index (χ2v) is 9.10. The first-order valence-electron chi connectivity index (χ1n) is 9.83. The van der Waals surface area contributed by atoms with Crippen LogP contribution in [-0.2, 0) is 19.6 Å². The Balaban J connectivity index is 2.12. The smallest absolute Gasteiger partial charge is 0.338 e. The summed E-state index contributed by atoms with van der Waals surface area (Å²) in [6.07, 6.45) is 0.813. The average Bonchev–Trinajstić information content (AvgIpc) is 2.72. The maximum Gasteiger partial charge on any atom is 0.338 e. The van der Waals surface area contributed by atoms with Crippen LogP contribution in [0.2, 0.25) is 0 Å². The summed E-state index contributed by atoms with van der Waals surface area (Å²) in [4.78, 5) is 23.9. The van der Waals surface area contributed by atoms with Crippen molar-refractivity contribution in [3.8, 4) is 5.75 Å². The van der Waals surface area contributed by atoms with Crippen molar-refractivity contribution in [2.24, 2.45) is 5.92 Å². The fourth-order valence-corrected chi connectivity index (χ4v) is 3.87. The molecule has 0 radical (unpaired) electrons. The van der Waals surface area contributed by atoms with E-state index in [1.807, 2.05) is 20.8 Å². The SMILES string of the molecule is COc1ccc(C(=O)OCC(=O)NCCC(C)C)cc1S(=O)(=O)Nc1ccc(C)cc1. The van der Waals surface area contributed by atoms with Gasteiger partial charge in [0, 0.05) is 12.2 Å². The number of carbonyl (C=O) groups is 2. The molecule has 2 rings (SSSR count). The van der Waals surface area contributed by atoms with E-state index in [9.17, 15) is 18.0 Å². The highest BCUT2D eigenvalue weighted by Gasteiger charge is 2.23. The number of ether oxygens (including phenoxy) is 2. The molecule has 0 unspecified atom stereocenters. The second kappa shape index (κ2) is 10.8. The van der Waals surface area contributed by atoms with Gasteiger partial charge < -0.3 is 14.8 Å². The van der Waals surface area contributed by atoms with Crippen molar-refractivity contribution in [3.63, 3.8) is 0 Å². The van der Waals surface area contributed by atoms with E-state index < -0.39 is 28.5 Å². The van der Waals surface area contributed by atoms with Gasteiger partial charge in [-0.1, -0.05) is 31.5 Å². The van der Waals surface area contributed by atoms with Gasteiger partial charge in [-0.15, -0.1) is 0 Å². The topological polar surface area (TPSA) is 111 Å². The van der Waals surface area contributed by atoms with Gasteiger partial charge in [-0.2, -0.15) is 0 Å². The van der Waals surface area contributed by atoms with Gasteiger partial charge in [0.1, 0.15) is 10.6 Å². The Bertz CT molecular complexity index is 1020. The van der Waals surface area contributed by atoms with Crippen molar-refractivity contribution in [2.45, 2.75) is 32.1 Å². The van der Waals surface area contributed by atoms with Crippen LogP contribution in [0.1, 0.15) is 36.2 Å². The van der Waals surface area contributed by atoms with Crippen LogP contribution in [0, 0.1) is 12.8 Å². The van der Waals surface area contributed by atoms with E-state index >= 15 is 0 Å². The first-order chi connectivity index (χ1) is 14.6. The van der Waals surface area contributed by atoms with Crippen molar-refractivity contribution < 1.29 is 27.5 Å². The molecule has 0 aliphatic rings. The molecule has 9 heteroatoms. The lowest BCUT2D eigenvalue weighted by atomic mass is 10.1. The quantitative estimate of drug-likeness (QED) is 0.540. The number of nitrogens with one attached hydrogen (secondary N) is 2. The fraction of sp³-hybridized carbons (Fsp3) is 0.364. The minimum atomic E-state index is -4.04. The van der Waals surface area contributed by atoms with Gasteiger partial charge in [0.05, 0.1) is 12.7 Å². The van der Waals surface area contributed by atoms with E-state index in [0.29, 0.717) is 18.2 Å². The van der Waals surface area contributed by atoms with Crippen molar-refractivity contribution in [3.05, 3.63) is 53.6 Å². The molecule has 0 bridgehead atoms. The summed E-state index contributed by atoms with van der Waals surface area (Å²) in [7, 11) is -2.71. The molecule has 0 spiro atoms. The molecule has 168 valence electrons. The lowest BCUT2D eigenvalue weighted by molar-refractivity contribution is -0.124. The number of anilines is 1. The van der Waals surface area contributed by atoms with Crippen LogP contribution >= 0.6 is 0 Å². The molecular weight excluding hydrogens is 420 g/mol. The van der Waals surface area contributed by atoms with Gasteiger partial charge in [-0.3, -0.25) is 9.52 Å². The third kappa shape index (κ3) is 7.29. The molecule has 0 aliphatic carbocycles. The lowest BCUT2D eigenvalue weighted by Gasteiger charge is -2.13. The molecule has 0 saturated heterocycles. The van der Waals surface area contributed by atoms with Gasteiger partial charge in [-0.25, -0.2) is 13.2 Å². The van der Waals surface area contributed by atoms with Crippen molar-refractivity contribution in [1.29, 1.82) is 0 Å². The van der Waals surface area contributed by atoms with E-state index in [2.05, 4.69) is 10.0 Å². The lowest BCUT2D eigenvalue weighted by Crippen LogP contribution is -2.30. The molecule has 0 atom stereocenters. The number of esters is 1. The number of rotatable bonds is 10. The molecule has 8 nitrogen and oxygen atoms in total. The maximum atomic E-state index is 12.9. The summed E-state index contributed by atoms with van der Waals surface area (Å²) in [5.41, 5.74) is 1.34. The van der Waals surface area contributed by atoms with Crippen LogP contribution in [0.15, 0.2) is 47.4 Å². The zero-order valence-corrected chi connectivity index (χ0v) is 18.9. The summed E-state index contributed by atoms with van der Waals surface area (Å²) in [6.45, 7) is 6.00. The van der Waals surface area contributed by atoms with E-state index in [4.69, 9.17) is 9.47 Å². The van der Waals surface area contributed by atoms with Crippen LogP contribution in [0.5, 0.6) is 5.75 Å². The predicted molar refractivity (Wildman–Crippen MR) is 118 cm³/mol. The molecule has 0 heterocycles. The molecule has 2 aromatic carbocycles. The molecule has 31 heavy (non-hydrogen) atoms. The zero-order valence-electron chi connectivity index (χ0n) is 18.1. The highest BCUT2D eigenvalue weighted by Crippen LogP contribution is 2.27. The highest BCUT2D eigenvalue weighted by atomic mass is 32.2. The van der Waals surface area contributed by atoms with Crippen molar-refractivity contribution in [2.75, 3.05) is 25.0 Å². The zero-order chi connectivity index (χ0) is 23.0. The summed E-state index contributed by atoms with van der Waals surface area (Å²) in [6, 6.07) is 10.7. The van der Waals surface area contributed by atoms with E-state index in [1.54, 1.807) is 24.3 Å². The minimum Gasteiger partial charge on any atom is -0.495 e. The monoisotopic (exact) mass is 448 g/mol. The third-order valence-electron chi connectivity index (χ3n) is 4.37. The molecular formula is C22H28N2O6S. The van der Waals surface area contributed by atoms with Crippen LogP contribution < -0.4 is 14.8 Å². The van der Waals surface area contributed by atoms with E-state index in [1.165, 1.54) is 19.2 Å². The maximum absolute atomic E-state index is 12.9. The summed E-state index contributed by atoms with van der Waals surface area (Å²) < 4.78 is 38.4. The van der Waals surface area contributed by atoms with Gasteiger partial charge in [-0.05, 0) is 49.6 Å². The molecule has 2 N–H and O–H groups in total. The fourth-order valence-electron chi connectivity index (χ4n) is 2.61. The summed E-state index contributed by atoms with van der Waals surface area (Å²) >= 11 is 0. The normalized spacial score (nSPS) is 11.1. The number of hydrogen-bond acceptors (Lipinski definition) is 6. The van der Waals surface area contributed by atoms with Crippen molar-refractivity contribution >= 4 is 27.6 Å². The van der Waals surface area contributed by atoms with Gasteiger partial charge in [0.15, 0.2) is 6.61 Å². The first kappa shape index (κ1) is 24.2. The molecule has 0 saturated carbocycles. The molecule has 0 fully saturated rings. The van der Waals surface area contributed by atoms with Crippen LogP contribution in [0.4, 0.5) is 5.69 Å². The molecule has 2 aromatic rings. The second-order valence-electron chi connectivity index (χ2n) is 7.45. The Morgan fingerprint density at radius 3 is 2.35 bits per heavy atom. The molecule has 1 amide bonds. The average molecular weight is 449 g/mol. The van der Waals surface area contributed by atoms with Gasteiger partial charge in [0.2, 0.25) is 0 Å². The van der Waals surface area contributed by atoms with E-state index in [0.717, 1.165) is 18.1 Å². The van der Waals surface area contributed by atoms with Gasteiger partial charge >= 0.3 is 5.97 Å². The Labute approximate surface area is 183 Å². The van der Waals surface area contributed by atoms with Crippen LogP contribution in [0.25, 0.3) is 0 Å². The molecule has 0 aromatic heterocycles. The Morgan fingerprint density at radius 2 is 1.74 bits per heavy atom. The number of hydrogen-bond donors (Lipinski definition) is 2. The predicted octanol–water partition coefficient (Wildman–Crippen LogP) is 3.12. The van der Waals surface area contributed by atoms with E-state index in [-0.39, 0.29) is 16.2 Å². The number of carbonyl (C=O) groups excluding carboxylic acids is 2. The minimum absolute atomic E-state index is 0.0138. The van der Waals surface area contributed by atoms with Crippen molar-refractivity contribution in [1.82, 2.24) is 5.32 Å². The molecule has 0 aliphatic heterocycles. The third-order valence-corrected chi connectivity index (χ3v) is 5.77. The summed E-state index contributed by atoms with van der Waals surface area (Å²) in [5, 5.41) is 2.66. The standard InChI is InChI=1S/C22H28N2O6S/c1-15(2)11-12-23-21(25)14-30-22(26)17-7-10-19(29-4)20(13-17)31(27,28)24-18-8-5-16(3)6-9-18/h5-10,13,15,24H,11-12,14H2,1-4H3,(H,23,25). The Morgan fingerprint density at radius 1 is 1.06 bits per heavy atom.